The van der Waals surface area contributed by atoms with E-state index in [2.05, 4.69) is 24.1 Å². The molecular formula is C25H44N2O4. The number of hydrogen-bond donors (Lipinski definition) is 2. The Morgan fingerprint density at radius 2 is 1.77 bits per heavy atom. The molecular weight excluding hydrogens is 392 g/mol. The number of carbonyl (C=O) groups excluding carboxylic acids is 2. The van der Waals surface area contributed by atoms with E-state index in [-0.39, 0.29) is 41.6 Å². The molecule has 0 saturated carbocycles. The van der Waals surface area contributed by atoms with Crippen molar-refractivity contribution >= 4 is 17.7 Å². The summed E-state index contributed by atoms with van der Waals surface area (Å²) >= 11 is 0. The maximum Gasteiger partial charge on any atom is 0.330 e. The van der Waals surface area contributed by atoms with Crippen LogP contribution in [0.1, 0.15) is 87.5 Å². The largest absolute Gasteiger partial charge is 0.478 e. The molecule has 1 amide bonds. The first-order valence-corrected chi connectivity index (χ1v) is 11.8. The van der Waals surface area contributed by atoms with Crippen molar-refractivity contribution in [2.24, 2.45) is 17.3 Å². The van der Waals surface area contributed by atoms with Crippen LogP contribution in [-0.2, 0) is 14.4 Å². The minimum absolute atomic E-state index is 0.0418. The van der Waals surface area contributed by atoms with Crippen molar-refractivity contribution in [2.75, 3.05) is 6.54 Å². The third-order valence-electron chi connectivity index (χ3n) is 6.57. The molecule has 31 heavy (non-hydrogen) atoms. The van der Waals surface area contributed by atoms with Crippen molar-refractivity contribution in [2.45, 2.75) is 106 Å². The van der Waals surface area contributed by atoms with Crippen molar-refractivity contribution in [1.29, 1.82) is 0 Å². The summed E-state index contributed by atoms with van der Waals surface area (Å²) < 4.78 is 0. The topological polar surface area (TPSA) is 86.7 Å². The number of Topliss-reactive ketones (excluding diaryl/α,β-unsaturated/α-hetero) is 1. The summed E-state index contributed by atoms with van der Waals surface area (Å²) in [5, 5.41) is 12.3. The average molecular weight is 437 g/mol. The van der Waals surface area contributed by atoms with Crippen LogP contribution >= 0.6 is 0 Å². The van der Waals surface area contributed by atoms with Gasteiger partial charge in [-0.1, -0.05) is 54.0 Å². The van der Waals surface area contributed by atoms with E-state index in [1.54, 1.807) is 13.0 Å². The Morgan fingerprint density at radius 1 is 1.16 bits per heavy atom. The lowest BCUT2D eigenvalue weighted by Crippen LogP contribution is -2.58. The third-order valence-corrected chi connectivity index (χ3v) is 6.57. The number of nitrogens with one attached hydrogen (secondary N) is 1. The summed E-state index contributed by atoms with van der Waals surface area (Å²) in [6, 6.07) is -0.480. The van der Waals surface area contributed by atoms with Gasteiger partial charge in [-0.2, -0.15) is 0 Å². The summed E-state index contributed by atoms with van der Waals surface area (Å²) in [5.74, 6) is -1.14. The van der Waals surface area contributed by atoms with Gasteiger partial charge < -0.3 is 10.4 Å². The highest BCUT2D eigenvalue weighted by atomic mass is 16.4. The number of nitrogens with zero attached hydrogens (tertiary/aromatic N) is 1. The number of aliphatic carboxylic acids is 1. The van der Waals surface area contributed by atoms with Crippen LogP contribution in [0.3, 0.4) is 0 Å². The van der Waals surface area contributed by atoms with Gasteiger partial charge in [0.15, 0.2) is 5.78 Å². The standard InChI is InChI=1S/C25H44N2O4/c1-9-18(5)27-13-11-10-12-20(27)23(29)26-22(25(6,7)8)21(28)15-19(16(2)3)14-17(4)24(30)31/h14,16,18-20,22H,9-13,15H2,1-8H3,(H,26,29)(H,30,31)/b17-14+/t18?,19-,20+,22+/m0/s1. The monoisotopic (exact) mass is 436 g/mol. The Balaban J connectivity index is 3.04. The van der Waals surface area contributed by atoms with Crippen LogP contribution in [0.2, 0.25) is 0 Å². The number of rotatable bonds is 10. The Labute approximate surface area is 188 Å². The van der Waals surface area contributed by atoms with E-state index >= 15 is 0 Å². The molecule has 0 aromatic heterocycles. The van der Waals surface area contributed by atoms with E-state index in [1.165, 1.54) is 0 Å². The van der Waals surface area contributed by atoms with Crippen LogP contribution in [0, 0.1) is 17.3 Å². The van der Waals surface area contributed by atoms with Crippen molar-refractivity contribution in [3.8, 4) is 0 Å². The highest BCUT2D eigenvalue weighted by Gasteiger charge is 2.38. The lowest BCUT2D eigenvalue weighted by Gasteiger charge is -2.40. The molecule has 1 heterocycles. The first kappa shape index (κ1) is 27.3. The van der Waals surface area contributed by atoms with Gasteiger partial charge >= 0.3 is 5.97 Å². The quantitative estimate of drug-likeness (QED) is 0.495. The number of carboxylic acids is 1. The van der Waals surface area contributed by atoms with Crippen LogP contribution in [0.5, 0.6) is 0 Å². The molecule has 1 fully saturated rings. The molecule has 1 rings (SSSR count). The van der Waals surface area contributed by atoms with E-state index in [4.69, 9.17) is 0 Å². The summed E-state index contributed by atoms with van der Waals surface area (Å²) in [6.45, 7) is 16.6. The highest BCUT2D eigenvalue weighted by Crippen LogP contribution is 2.27. The molecule has 0 aliphatic carbocycles. The van der Waals surface area contributed by atoms with E-state index in [0.29, 0.717) is 6.04 Å². The van der Waals surface area contributed by atoms with Gasteiger partial charge in [-0.25, -0.2) is 4.79 Å². The molecule has 178 valence electrons. The first-order chi connectivity index (χ1) is 14.3. The maximum absolute atomic E-state index is 13.3. The number of hydrogen-bond acceptors (Lipinski definition) is 4. The second kappa shape index (κ2) is 11.8. The SMILES string of the molecule is CCC(C)N1CCCC[C@@H]1C(=O)N[C@H](C(=O)C[C@H](/C=C(\C)C(=O)O)C(C)C)C(C)(C)C. The van der Waals surface area contributed by atoms with Crippen LogP contribution < -0.4 is 5.32 Å². The fourth-order valence-electron chi connectivity index (χ4n) is 4.25. The average Bonchev–Trinajstić information content (AvgIpc) is 2.69. The smallest absolute Gasteiger partial charge is 0.330 e. The Bertz CT molecular complexity index is 663. The number of ketones is 1. The molecule has 0 spiro atoms. The van der Waals surface area contributed by atoms with Crippen LogP contribution in [-0.4, -0.2) is 52.3 Å². The van der Waals surface area contributed by atoms with E-state index < -0.39 is 17.4 Å². The summed E-state index contributed by atoms with van der Waals surface area (Å²) in [6.07, 6.45) is 5.81. The number of carboxylic acid groups (broad SMARTS) is 1. The van der Waals surface area contributed by atoms with E-state index in [9.17, 15) is 19.5 Å². The number of allylic oxidation sites excluding steroid dienone is 1. The zero-order valence-electron chi connectivity index (χ0n) is 20.8. The second-order valence-electron chi connectivity index (χ2n) is 10.5. The molecule has 0 radical (unpaired) electrons. The molecule has 6 heteroatoms. The Kier molecular flexibility index (Phi) is 10.4. The van der Waals surface area contributed by atoms with Gasteiger partial charge in [-0.05, 0) is 56.9 Å². The third kappa shape index (κ3) is 8.06. The highest BCUT2D eigenvalue weighted by molar-refractivity contribution is 5.92. The van der Waals surface area contributed by atoms with Gasteiger partial charge in [-0.15, -0.1) is 0 Å². The van der Waals surface area contributed by atoms with Gasteiger partial charge in [0.25, 0.3) is 0 Å². The van der Waals surface area contributed by atoms with Gasteiger partial charge in [0.1, 0.15) is 0 Å². The number of amides is 1. The van der Waals surface area contributed by atoms with Crippen LogP contribution in [0.4, 0.5) is 0 Å². The summed E-state index contributed by atoms with van der Waals surface area (Å²) in [4.78, 5) is 40.2. The summed E-state index contributed by atoms with van der Waals surface area (Å²) in [5.41, 5.74) is -0.190. The molecule has 4 atom stereocenters. The van der Waals surface area contributed by atoms with Gasteiger partial charge in [-0.3, -0.25) is 14.5 Å². The molecule has 2 N–H and O–H groups in total. The Morgan fingerprint density at radius 3 is 2.26 bits per heavy atom. The lowest BCUT2D eigenvalue weighted by atomic mass is 9.79. The van der Waals surface area contributed by atoms with E-state index in [0.717, 1.165) is 32.2 Å². The fourth-order valence-corrected chi connectivity index (χ4v) is 4.25. The maximum atomic E-state index is 13.3. The minimum atomic E-state index is -0.971. The molecule has 1 saturated heterocycles. The molecule has 0 aromatic carbocycles. The molecule has 1 aliphatic heterocycles. The fraction of sp³-hybridized carbons (Fsp3) is 0.800. The summed E-state index contributed by atoms with van der Waals surface area (Å²) in [7, 11) is 0. The van der Waals surface area contributed by atoms with Gasteiger partial charge in [0, 0.05) is 18.0 Å². The molecule has 1 aliphatic rings. The predicted octanol–water partition coefficient (Wildman–Crippen LogP) is 4.43. The molecule has 0 aromatic rings. The first-order valence-electron chi connectivity index (χ1n) is 11.8. The van der Waals surface area contributed by atoms with Crippen molar-refractivity contribution in [1.82, 2.24) is 10.2 Å². The molecule has 6 nitrogen and oxygen atoms in total. The van der Waals surface area contributed by atoms with Gasteiger partial charge in [0.05, 0.1) is 12.1 Å². The van der Waals surface area contributed by atoms with Crippen LogP contribution in [0.15, 0.2) is 11.6 Å². The number of piperidine rings is 1. The zero-order chi connectivity index (χ0) is 23.9. The van der Waals surface area contributed by atoms with Crippen molar-refractivity contribution < 1.29 is 19.5 Å². The minimum Gasteiger partial charge on any atom is -0.478 e. The van der Waals surface area contributed by atoms with Crippen molar-refractivity contribution in [3.05, 3.63) is 11.6 Å². The number of carbonyl (C=O) groups is 3. The Hall–Kier alpha value is -1.69. The lowest BCUT2D eigenvalue weighted by molar-refractivity contribution is -0.135. The second-order valence-corrected chi connectivity index (χ2v) is 10.5. The predicted molar refractivity (Wildman–Crippen MR) is 125 cm³/mol. The zero-order valence-corrected chi connectivity index (χ0v) is 20.8. The van der Waals surface area contributed by atoms with Crippen LogP contribution in [0.25, 0.3) is 0 Å². The molecule has 1 unspecified atom stereocenters. The number of likely N-dealkylation sites (tertiary alicyclic amines) is 1. The normalized spacial score (nSPS) is 21.5. The molecule has 0 bridgehead atoms. The van der Waals surface area contributed by atoms with E-state index in [1.807, 2.05) is 34.6 Å². The van der Waals surface area contributed by atoms with Crippen molar-refractivity contribution in [3.63, 3.8) is 0 Å². The van der Waals surface area contributed by atoms with Gasteiger partial charge in [0.2, 0.25) is 5.91 Å².